The molecule has 3 rings (SSSR count). The monoisotopic (exact) mass is 466 g/mol. The number of aliphatic carboxylic acids is 1. The van der Waals surface area contributed by atoms with E-state index >= 15 is 0 Å². The molecule has 3 amide bonds. The zero-order valence-corrected chi connectivity index (χ0v) is 19.0. The van der Waals surface area contributed by atoms with Crippen LogP contribution in [0.3, 0.4) is 0 Å². The lowest BCUT2D eigenvalue weighted by molar-refractivity contribution is -0.135. The number of benzene rings is 2. The van der Waals surface area contributed by atoms with Crippen molar-refractivity contribution in [3.05, 3.63) is 66.2 Å². The molecule has 34 heavy (non-hydrogen) atoms. The molecular formula is C25H26N2O7. The van der Waals surface area contributed by atoms with Crippen LogP contribution >= 0.6 is 0 Å². The van der Waals surface area contributed by atoms with Crippen LogP contribution < -0.4 is 14.4 Å². The van der Waals surface area contributed by atoms with Crippen LogP contribution in [-0.2, 0) is 25.7 Å². The molecule has 0 bridgehead atoms. The van der Waals surface area contributed by atoms with Crippen LogP contribution in [0.15, 0.2) is 60.7 Å². The molecule has 0 radical (unpaired) electrons. The number of carbonyl (C=O) groups excluding carboxylic acids is 3. The summed E-state index contributed by atoms with van der Waals surface area (Å²) in [7, 11) is 1.53. The van der Waals surface area contributed by atoms with Gasteiger partial charge in [-0.15, -0.1) is 0 Å². The van der Waals surface area contributed by atoms with Gasteiger partial charge in [-0.3, -0.25) is 14.4 Å². The summed E-state index contributed by atoms with van der Waals surface area (Å²) in [5, 5.41) is 8.91. The maximum Gasteiger partial charge on any atom is 0.328 e. The first-order valence-electron chi connectivity index (χ1n) is 10.8. The number of anilines is 1. The SMILES string of the molecule is CCCOc1ccc(N2C(=O)C[C@@H](N(Cc3ccc(OC)cc3)C(=O)/C=C/C(=O)O)C2=O)cc1. The number of methoxy groups -OCH3 is 1. The molecule has 9 heteroatoms. The molecule has 1 aliphatic heterocycles. The van der Waals surface area contributed by atoms with Crippen molar-refractivity contribution in [3.8, 4) is 11.5 Å². The number of carbonyl (C=O) groups is 4. The molecule has 1 saturated heterocycles. The van der Waals surface area contributed by atoms with E-state index in [1.54, 1.807) is 48.5 Å². The van der Waals surface area contributed by atoms with E-state index in [9.17, 15) is 19.2 Å². The van der Waals surface area contributed by atoms with Gasteiger partial charge in [0.2, 0.25) is 11.8 Å². The van der Waals surface area contributed by atoms with Crippen molar-refractivity contribution in [1.82, 2.24) is 4.90 Å². The standard InChI is InChI=1S/C25H26N2O7/c1-3-14-34-20-10-6-18(7-11-20)27-23(29)15-21(25(27)32)26(22(28)12-13-24(30)31)16-17-4-8-19(33-2)9-5-17/h4-13,21H,3,14-16H2,1-2H3,(H,30,31)/b13-12+/t21-/m1/s1. The number of carboxylic acids is 1. The van der Waals surface area contributed by atoms with Crippen LogP contribution in [0.1, 0.15) is 25.3 Å². The van der Waals surface area contributed by atoms with Crippen molar-refractivity contribution in [2.75, 3.05) is 18.6 Å². The van der Waals surface area contributed by atoms with Crippen LogP contribution in [0.25, 0.3) is 0 Å². The minimum atomic E-state index is -1.29. The molecule has 9 nitrogen and oxygen atoms in total. The molecule has 1 heterocycles. The lowest BCUT2D eigenvalue weighted by atomic mass is 10.1. The van der Waals surface area contributed by atoms with Crippen molar-refractivity contribution < 1.29 is 33.8 Å². The second-order valence-corrected chi connectivity index (χ2v) is 7.62. The van der Waals surface area contributed by atoms with Gasteiger partial charge in [-0.05, 0) is 48.4 Å². The number of rotatable bonds is 10. The predicted molar refractivity (Wildman–Crippen MR) is 123 cm³/mol. The molecular weight excluding hydrogens is 440 g/mol. The summed E-state index contributed by atoms with van der Waals surface area (Å²) in [4.78, 5) is 52.1. The average molecular weight is 466 g/mol. The molecule has 1 fully saturated rings. The summed E-state index contributed by atoms with van der Waals surface area (Å²) in [5.41, 5.74) is 1.06. The molecule has 178 valence electrons. The molecule has 0 aliphatic carbocycles. The highest BCUT2D eigenvalue weighted by Gasteiger charge is 2.44. The van der Waals surface area contributed by atoms with Crippen molar-refractivity contribution in [2.24, 2.45) is 0 Å². The average Bonchev–Trinajstić information content (AvgIpc) is 3.13. The van der Waals surface area contributed by atoms with E-state index in [1.807, 2.05) is 6.92 Å². The fraction of sp³-hybridized carbons (Fsp3) is 0.280. The lowest BCUT2D eigenvalue weighted by Gasteiger charge is -2.27. The summed E-state index contributed by atoms with van der Waals surface area (Å²) in [6.45, 7) is 2.55. The van der Waals surface area contributed by atoms with E-state index in [-0.39, 0.29) is 13.0 Å². The van der Waals surface area contributed by atoms with Crippen molar-refractivity contribution in [1.29, 1.82) is 0 Å². The minimum Gasteiger partial charge on any atom is -0.497 e. The fourth-order valence-corrected chi connectivity index (χ4v) is 3.55. The van der Waals surface area contributed by atoms with E-state index in [0.29, 0.717) is 35.4 Å². The molecule has 1 atom stereocenters. The summed E-state index contributed by atoms with van der Waals surface area (Å²) in [6.07, 6.45) is 2.22. The molecule has 0 saturated carbocycles. The third-order valence-electron chi connectivity index (χ3n) is 5.23. The van der Waals surface area contributed by atoms with Gasteiger partial charge in [-0.1, -0.05) is 19.1 Å². The Balaban J connectivity index is 1.86. The topological polar surface area (TPSA) is 113 Å². The first-order valence-corrected chi connectivity index (χ1v) is 10.8. The van der Waals surface area contributed by atoms with Gasteiger partial charge in [0.1, 0.15) is 17.5 Å². The van der Waals surface area contributed by atoms with Gasteiger partial charge in [0.25, 0.3) is 5.91 Å². The smallest absolute Gasteiger partial charge is 0.328 e. The van der Waals surface area contributed by atoms with Crippen molar-refractivity contribution in [2.45, 2.75) is 32.4 Å². The second kappa shape index (κ2) is 11.1. The Hall–Kier alpha value is -4.14. The quantitative estimate of drug-likeness (QED) is 0.423. The first kappa shape index (κ1) is 24.5. The van der Waals surface area contributed by atoms with Gasteiger partial charge in [0.15, 0.2) is 0 Å². The van der Waals surface area contributed by atoms with Gasteiger partial charge < -0.3 is 19.5 Å². The zero-order chi connectivity index (χ0) is 24.7. The predicted octanol–water partition coefficient (Wildman–Crippen LogP) is 2.79. The summed E-state index contributed by atoms with van der Waals surface area (Å²) < 4.78 is 10.7. The molecule has 0 spiro atoms. The number of ether oxygens (including phenoxy) is 2. The van der Waals surface area contributed by atoms with Crippen LogP contribution in [-0.4, -0.2) is 53.5 Å². The Labute approximate surface area is 197 Å². The number of hydrogen-bond donors (Lipinski definition) is 1. The Morgan fingerprint density at radius 3 is 2.29 bits per heavy atom. The van der Waals surface area contributed by atoms with Crippen LogP contribution in [0, 0.1) is 0 Å². The van der Waals surface area contributed by atoms with E-state index in [4.69, 9.17) is 14.6 Å². The molecule has 2 aromatic rings. The summed E-state index contributed by atoms with van der Waals surface area (Å²) >= 11 is 0. The highest BCUT2D eigenvalue weighted by Crippen LogP contribution is 2.28. The van der Waals surface area contributed by atoms with Gasteiger partial charge in [0, 0.05) is 18.7 Å². The van der Waals surface area contributed by atoms with Crippen LogP contribution in [0.4, 0.5) is 5.69 Å². The highest BCUT2D eigenvalue weighted by atomic mass is 16.5. The number of nitrogens with zero attached hydrogens (tertiary/aromatic N) is 2. The van der Waals surface area contributed by atoms with E-state index in [1.165, 1.54) is 12.0 Å². The van der Waals surface area contributed by atoms with Crippen LogP contribution in [0.5, 0.6) is 11.5 Å². The largest absolute Gasteiger partial charge is 0.497 e. The Bertz CT molecular complexity index is 1080. The molecule has 0 aromatic heterocycles. The maximum atomic E-state index is 13.3. The number of imide groups is 1. The van der Waals surface area contributed by atoms with Gasteiger partial charge in [-0.2, -0.15) is 0 Å². The maximum absolute atomic E-state index is 13.3. The number of hydrogen-bond acceptors (Lipinski definition) is 6. The van der Waals surface area contributed by atoms with Crippen molar-refractivity contribution in [3.63, 3.8) is 0 Å². The van der Waals surface area contributed by atoms with E-state index in [2.05, 4.69) is 0 Å². The minimum absolute atomic E-state index is 0.00804. The normalized spacial score (nSPS) is 15.6. The molecule has 2 aromatic carbocycles. The number of carboxylic acid groups (broad SMARTS) is 1. The summed E-state index contributed by atoms with van der Waals surface area (Å²) in [6, 6.07) is 12.4. The van der Waals surface area contributed by atoms with Crippen LogP contribution in [0.2, 0.25) is 0 Å². The second-order valence-electron chi connectivity index (χ2n) is 7.62. The Morgan fingerprint density at radius 1 is 1.06 bits per heavy atom. The van der Waals surface area contributed by atoms with E-state index in [0.717, 1.165) is 17.4 Å². The fourth-order valence-electron chi connectivity index (χ4n) is 3.55. The molecule has 1 aliphatic rings. The zero-order valence-electron chi connectivity index (χ0n) is 19.0. The Morgan fingerprint density at radius 2 is 1.71 bits per heavy atom. The molecule has 0 unspecified atom stereocenters. The van der Waals surface area contributed by atoms with Gasteiger partial charge >= 0.3 is 5.97 Å². The third-order valence-corrected chi connectivity index (χ3v) is 5.23. The van der Waals surface area contributed by atoms with Crippen molar-refractivity contribution >= 4 is 29.4 Å². The Kier molecular flexibility index (Phi) is 8.02. The first-order chi connectivity index (χ1) is 16.3. The summed E-state index contributed by atoms with van der Waals surface area (Å²) in [5.74, 6) is -1.74. The lowest BCUT2D eigenvalue weighted by Crippen LogP contribution is -2.44. The molecule has 1 N–H and O–H groups in total. The van der Waals surface area contributed by atoms with E-state index < -0.39 is 29.7 Å². The third kappa shape index (κ3) is 5.80. The van der Waals surface area contributed by atoms with Gasteiger partial charge in [-0.25, -0.2) is 9.69 Å². The van der Waals surface area contributed by atoms with Gasteiger partial charge in [0.05, 0.1) is 25.8 Å². The highest BCUT2D eigenvalue weighted by molar-refractivity contribution is 6.23. The number of amides is 3.